The molecule has 3 N–H and O–H groups in total. The average Bonchev–Trinajstić information content (AvgIpc) is 3.23. The van der Waals surface area contributed by atoms with Crippen molar-refractivity contribution >= 4 is 22.6 Å². The molecule has 1 aliphatic rings. The van der Waals surface area contributed by atoms with Crippen LogP contribution in [0.25, 0.3) is 16.5 Å². The molecule has 2 aromatic carbocycles. The van der Waals surface area contributed by atoms with Crippen molar-refractivity contribution in [3.8, 4) is 5.75 Å². The maximum absolute atomic E-state index is 11.7. The summed E-state index contributed by atoms with van der Waals surface area (Å²) in [6, 6.07) is 16.3. The third-order valence-electron chi connectivity index (χ3n) is 5.94. The lowest BCUT2D eigenvalue weighted by molar-refractivity contribution is 0.195. The van der Waals surface area contributed by atoms with Crippen molar-refractivity contribution in [1.29, 1.82) is 0 Å². The van der Waals surface area contributed by atoms with Crippen LogP contribution < -0.4 is 10.1 Å². The zero-order valence-electron chi connectivity index (χ0n) is 18.3. The Morgan fingerprint density at radius 3 is 2.81 bits per heavy atom. The molecule has 0 fully saturated rings. The van der Waals surface area contributed by atoms with Gasteiger partial charge in [-0.25, -0.2) is 4.79 Å². The predicted octanol–water partition coefficient (Wildman–Crippen LogP) is 4.36. The maximum Gasteiger partial charge on any atom is 0.412 e. The second-order valence-electron chi connectivity index (χ2n) is 8.16. The Hall–Kier alpha value is -3.09. The van der Waals surface area contributed by atoms with Crippen molar-refractivity contribution in [2.24, 2.45) is 0 Å². The lowest BCUT2D eigenvalue weighted by Crippen LogP contribution is -2.29. The molecule has 0 bridgehead atoms. The van der Waals surface area contributed by atoms with Gasteiger partial charge >= 0.3 is 6.09 Å². The van der Waals surface area contributed by atoms with Crippen LogP contribution in [0.1, 0.15) is 30.4 Å². The number of H-pyrrole nitrogens is 1. The molecule has 4 rings (SSSR count). The minimum Gasteiger partial charge on any atom is -0.410 e. The number of rotatable bonds is 9. The molecule has 0 spiro atoms. The van der Waals surface area contributed by atoms with Gasteiger partial charge in [-0.2, -0.15) is 0 Å². The molecule has 6 heteroatoms. The molecule has 0 atom stereocenters. The van der Waals surface area contributed by atoms with E-state index in [0.717, 1.165) is 56.2 Å². The van der Waals surface area contributed by atoms with Gasteiger partial charge in [0.25, 0.3) is 0 Å². The molecule has 32 heavy (non-hydrogen) atoms. The van der Waals surface area contributed by atoms with Crippen LogP contribution in [0.3, 0.4) is 0 Å². The molecule has 3 aromatic rings. The fraction of sp³-hybridized carbons (Fsp3) is 0.346. The standard InChI is InChI=1S/C26H31N3O3/c30-17-13-27-26(31)32-23-9-10-25-24(18-23)22(19-28-25)8-4-5-14-29-15-11-21(12-16-29)20-6-2-1-3-7-20/h1-3,6-7,9-11,18-19,28,30H,4-5,8,12-17H2,(H,27,31). The van der Waals surface area contributed by atoms with Crippen molar-refractivity contribution in [2.45, 2.75) is 25.7 Å². The third-order valence-corrected chi connectivity index (χ3v) is 5.94. The fourth-order valence-electron chi connectivity index (χ4n) is 4.21. The lowest BCUT2D eigenvalue weighted by Gasteiger charge is -2.26. The summed E-state index contributed by atoms with van der Waals surface area (Å²) in [5.41, 5.74) is 5.09. The van der Waals surface area contributed by atoms with Gasteiger partial charge in [0.15, 0.2) is 0 Å². The van der Waals surface area contributed by atoms with E-state index in [9.17, 15) is 4.79 Å². The number of ether oxygens (including phenoxy) is 1. The van der Waals surface area contributed by atoms with Gasteiger partial charge < -0.3 is 20.1 Å². The molecule has 1 aromatic heterocycles. The molecular weight excluding hydrogens is 402 g/mol. The summed E-state index contributed by atoms with van der Waals surface area (Å²) >= 11 is 0. The molecular formula is C26H31N3O3. The first-order valence-electron chi connectivity index (χ1n) is 11.4. The van der Waals surface area contributed by atoms with Crippen LogP contribution in [0.2, 0.25) is 0 Å². The minimum atomic E-state index is -0.554. The summed E-state index contributed by atoms with van der Waals surface area (Å²) in [5.74, 6) is 0.503. The number of aromatic amines is 1. The Balaban J connectivity index is 1.25. The van der Waals surface area contributed by atoms with Gasteiger partial charge in [-0.05, 0) is 67.1 Å². The molecule has 168 valence electrons. The summed E-state index contributed by atoms with van der Waals surface area (Å²) in [7, 11) is 0. The predicted molar refractivity (Wildman–Crippen MR) is 128 cm³/mol. The van der Waals surface area contributed by atoms with Crippen LogP contribution in [0.5, 0.6) is 5.75 Å². The highest BCUT2D eigenvalue weighted by Gasteiger charge is 2.13. The number of amides is 1. The van der Waals surface area contributed by atoms with E-state index in [-0.39, 0.29) is 13.2 Å². The Morgan fingerprint density at radius 2 is 2.03 bits per heavy atom. The zero-order chi connectivity index (χ0) is 22.2. The normalized spacial score (nSPS) is 14.3. The van der Waals surface area contributed by atoms with Gasteiger partial charge in [0.05, 0.1) is 6.61 Å². The number of hydrogen-bond donors (Lipinski definition) is 3. The molecule has 0 saturated heterocycles. The van der Waals surface area contributed by atoms with Crippen LogP contribution >= 0.6 is 0 Å². The number of aliphatic hydroxyl groups excluding tert-OH is 1. The zero-order valence-corrected chi connectivity index (χ0v) is 18.3. The topological polar surface area (TPSA) is 77.6 Å². The maximum atomic E-state index is 11.7. The number of carbonyl (C=O) groups is 1. The summed E-state index contributed by atoms with van der Waals surface area (Å²) in [6.45, 7) is 3.32. The van der Waals surface area contributed by atoms with Crippen molar-refractivity contribution < 1.29 is 14.6 Å². The third kappa shape index (κ3) is 5.78. The molecule has 0 radical (unpaired) electrons. The van der Waals surface area contributed by atoms with Crippen molar-refractivity contribution in [1.82, 2.24) is 15.2 Å². The number of unbranched alkanes of at least 4 members (excludes halogenated alkanes) is 1. The van der Waals surface area contributed by atoms with Crippen LogP contribution in [0.15, 0.2) is 60.8 Å². The summed E-state index contributed by atoms with van der Waals surface area (Å²) < 4.78 is 5.31. The number of hydrogen-bond acceptors (Lipinski definition) is 4. The summed E-state index contributed by atoms with van der Waals surface area (Å²) in [6.07, 6.45) is 8.23. The van der Waals surface area contributed by atoms with Crippen molar-refractivity contribution in [3.63, 3.8) is 0 Å². The van der Waals surface area contributed by atoms with Gasteiger partial charge in [0, 0.05) is 36.7 Å². The van der Waals surface area contributed by atoms with E-state index in [4.69, 9.17) is 9.84 Å². The number of benzene rings is 2. The van der Waals surface area contributed by atoms with E-state index >= 15 is 0 Å². The SMILES string of the molecule is O=C(NCCO)Oc1ccc2[nH]cc(CCCCN3CC=C(c4ccccc4)CC3)c2c1. The monoisotopic (exact) mass is 433 g/mol. The Kier molecular flexibility index (Phi) is 7.59. The number of fused-ring (bicyclic) bond motifs is 1. The Labute approximate surface area is 188 Å². The molecule has 1 amide bonds. The van der Waals surface area contributed by atoms with Crippen molar-refractivity contribution in [2.75, 3.05) is 32.8 Å². The highest BCUT2D eigenvalue weighted by atomic mass is 16.6. The van der Waals surface area contributed by atoms with Crippen LogP contribution in [-0.2, 0) is 6.42 Å². The Morgan fingerprint density at radius 1 is 1.16 bits per heavy atom. The quantitative estimate of drug-likeness (QED) is 0.438. The first kappa shape index (κ1) is 22.1. The lowest BCUT2D eigenvalue weighted by atomic mass is 9.99. The van der Waals surface area contributed by atoms with E-state index < -0.39 is 6.09 Å². The number of nitrogens with one attached hydrogen (secondary N) is 2. The van der Waals surface area contributed by atoms with Gasteiger partial charge in [-0.3, -0.25) is 4.90 Å². The molecule has 1 aliphatic heterocycles. The van der Waals surface area contributed by atoms with Gasteiger partial charge in [-0.1, -0.05) is 36.4 Å². The molecule has 2 heterocycles. The number of aliphatic hydroxyl groups is 1. The van der Waals surface area contributed by atoms with E-state index in [1.165, 1.54) is 16.7 Å². The number of aryl methyl sites for hydroxylation is 1. The van der Waals surface area contributed by atoms with Gasteiger partial charge in [0.1, 0.15) is 5.75 Å². The summed E-state index contributed by atoms with van der Waals surface area (Å²) in [5, 5.41) is 12.4. The van der Waals surface area contributed by atoms with Crippen molar-refractivity contribution in [3.05, 3.63) is 71.9 Å². The summed E-state index contributed by atoms with van der Waals surface area (Å²) in [4.78, 5) is 17.6. The average molecular weight is 434 g/mol. The molecule has 0 aliphatic carbocycles. The number of nitrogens with zero attached hydrogens (tertiary/aromatic N) is 1. The Bertz CT molecular complexity index is 1060. The first-order chi connectivity index (χ1) is 15.7. The van der Waals surface area contributed by atoms with E-state index in [1.807, 2.05) is 12.1 Å². The van der Waals surface area contributed by atoms with E-state index in [2.05, 4.69) is 57.8 Å². The van der Waals surface area contributed by atoms with E-state index in [0.29, 0.717) is 5.75 Å². The second-order valence-corrected chi connectivity index (χ2v) is 8.16. The molecule has 0 saturated carbocycles. The largest absolute Gasteiger partial charge is 0.412 e. The number of carbonyl (C=O) groups excluding carboxylic acids is 1. The van der Waals surface area contributed by atoms with Crippen LogP contribution in [-0.4, -0.2) is 53.9 Å². The second kappa shape index (κ2) is 11.0. The van der Waals surface area contributed by atoms with Gasteiger partial charge in [-0.15, -0.1) is 0 Å². The highest BCUT2D eigenvalue weighted by Crippen LogP contribution is 2.26. The van der Waals surface area contributed by atoms with Crippen LogP contribution in [0, 0.1) is 0 Å². The highest BCUT2D eigenvalue weighted by molar-refractivity contribution is 5.85. The molecule has 6 nitrogen and oxygen atoms in total. The minimum absolute atomic E-state index is 0.113. The smallest absolute Gasteiger partial charge is 0.410 e. The number of aromatic nitrogens is 1. The van der Waals surface area contributed by atoms with Crippen LogP contribution in [0.4, 0.5) is 4.79 Å². The fourth-order valence-corrected chi connectivity index (χ4v) is 4.21. The first-order valence-corrected chi connectivity index (χ1v) is 11.4. The van der Waals surface area contributed by atoms with Gasteiger partial charge in [0.2, 0.25) is 0 Å². The molecule has 0 unspecified atom stereocenters. The van der Waals surface area contributed by atoms with E-state index in [1.54, 1.807) is 6.07 Å².